The largest absolute Gasteiger partial charge is 0.466 e. The zero-order valence-corrected chi connectivity index (χ0v) is 13.3. The summed E-state index contributed by atoms with van der Waals surface area (Å²) in [7, 11) is 0. The quantitative estimate of drug-likeness (QED) is 0.241. The first-order valence-electron chi connectivity index (χ1n) is 8.02. The minimum atomic E-state index is -0.0651. The summed E-state index contributed by atoms with van der Waals surface area (Å²) < 4.78 is 5.04. The van der Waals surface area contributed by atoms with E-state index in [1.807, 2.05) is 0 Å². The molecule has 0 radical (unpaired) electrons. The van der Waals surface area contributed by atoms with Gasteiger partial charge in [0.1, 0.15) is 0 Å². The van der Waals surface area contributed by atoms with E-state index in [1.165, 1.54) is 51.4 Å². The summed E-state index contributed by atoms with van der Waals surface area (Å²) >= 11 is 5.51. The van der Waals surface area contributed by atoms with Crippen LogP contribution in [0, 0.1) is 0 Å². The van der Waals surface area contributed by atoms with Gasteiger partial charge in [-0.1, -0.05) is 64.7 Å². The lowest BCUT2D eigenvalue weighted by atomic mass is 10.1. The normalized spacial score (nSPS) is 10.6. The Kier molecular flexibility index (Phi) is 15.6. The van der Waals surface area contributed by atoms with Crippen molar-refractivity contribution in [3.63, 3.8) is 0 Å². The second-order valence-electron chi connectivity index (χ2n) is 5.19. The Morgan fingerprint density at radius 3 is 1.89 bits per heavy atom. The maximum Gasteiger partial charge on any atom is 0.305 e. The van der Waals surface area contributed by atoms with Crippen molar-refractivity contribution in [2.24, 2.45) is 0 Å². The van der Waals surface area contributed by atoms with Crippen molar-refractivity contribution < 1.29 is 9.53 Å². The van der Waals surface area contributed by atoms with Crippen LogP contribution in [0.25, 0.3) is 0 Å². The molecule has 0 spiro atoms. The molecule has 0 atom stereocenters. The van der Waals surface area contributed by atoms with E-state index in [2.05, 4.69) is 6.92 Å². The van der Waals surface area contributed by atoms with E-state index >= 15 is 0 Å². The molecule has 0 amide bonds. The number of carbonyl (C=O) groups is 1. The predicted molar refractivity (Wildman–Crippen MR) is 82.8 cm³/mol. The highest BCUT2D eigenvalue weighted by Gasteiger charge is 2.01. The monoisotopic (exact) mass is 290 g/mol. The van der Waals surface area contributed by atoms with Crippen LogP contribution < -0.4 is 0 Å². The van der Waals surface area contributed by atoms with E-state index in [4.69, 9.17) is 16.3 Å². The Labute approximate surface area is 124 Å². The number of ether oxygens (including phenoxy) is 1. The van der Waals surface area contributed by atoms with Crippen LogP contribution in [0.2, 0.25) is 0 Å². The molecule has 0 fully saturated rings. The van der Waals surface area contributed by atoms with E-state index < -0.39 is 0 Å². The number of alkyl halides is 1. The third-order valence-electron chi connectivity index (χ3n) is 3.28. The Morgan fingerprint density at radius 1 is 0.842 bits per heavy atom. The van der Waals surface area contributed by atoms with E-state index in [0.717, 1.165) is 19.3 Å². The number of unbranched alkanes of at least 4 members (excludes halogenated alkanes) is 9. The molecule has 19 heavy (non-hydrogen) atoms. The van der Waals surface area contributed by atoms with Gasteiger partial charge >= 0.3 is 5.97 Å². The Hall–Kier alpha value is -0.240. The van der Waals surface area contributed by atoms with Gasteiger partial charge in [0.2, 0.25) is 0 Å². The van der Waals surface area contributed by atoms with E-state index in [9.17, 15) is 4.79 Å². The first-order valence-corrected chi connectivity index (χ1v) is 8.56. The van der Waals surface area contributed by atoms with Crippen LogP contribution in [-0.2, 0) is 9.53 Å². The van der Waals surface area contributed by atoms with Crippen molar-refractivity contribution >= 4 is 17.6 Å². The summed E-state index contributed by atoms with van der Waals surface area (Å²) in [5, 5.41) is 0. The molecular formula is C16H31ClO2. The Bertz CT molecular complexity index is 195. The summed E-state index contributed by atoms with van der Waals surface area (Å²) in [4.78, 5) is 11.3. The van der Waals surface area contributed by atoms with E-state index in [-0.39, 0.29) is 5.97 Å². The second-order valence-corrected chi connectivity index (χ2v) is 5.57. The first-order chi connectivity index (χ1) is 9.31. The summed E-state index contributed by atoms with van der Waals surface area (Å²) in [5.74, 6) is 0.496. The molecule has 2 nitrogen and oxygen atoms in total. The van der Waals surface area contributed by atoms with Crippen LogP contribution in [0.4, 0.5) is 0 Å². The minimum absolute atomic E-state index is 0.0651. The highest BCUT2D eigenvalue weighted by atomic mass is 35.5. The van der Waals surface area contributed by atoms with Crippen molar-refractivity contribution in [1.29, 1.82) is 0 Å². The molecule has 0 aliphatic heterocycles. The maximum absolute atomic E-state index is 11.3. The fraction of sp³-hybridized carbons (Fsp3) is 0.938. The van der Waals surface area contributed by atoms with Crippen LogP contribution >= 0.6 is 11.6 Å². The highest BCUT2D eigenvalue weighted by molar-refractivity contribution is 6.17. The molecule has 0 saturated carbocycles. The van der Waals surface area contributed by atoms with Gasteiger partial charge < -0.3 is 4.74 Å². The third kappa shape index (κ3) is 15.7. The lowest BCUT2D eigenvalue weighted by molar-refractivity contribution is -0.143. The fourth-order valence-electron chi connectivity index (χ4n) is 2.07. The van der Waals surface area contributed by atoms with Gasteiger partial charge in [0.15, 0.2) is 0 Å². The SMILES string of the molecule is CCCCCCCCCCCCC(=O)OCCCCl. The van der Waals surface area contributed by atoms with Gasteiger partial charge in [0, 0.05) is 12.3 Å². The van der Waals surface area contributed by atoms with Crippen LogP contribution in [0.5, 0.6) is 0 Å². The summed E-state index contributed by atoms with van der Waals surface area (Å²) in [6, 6.07) is 0. The topological polar surface area (TPSA) is 26.3 Å². The fourth-order valence-corrected chi connectivity index (χ4v) is 2.18. The molecule has 0 unspecified atom stereocenters. The average Bonchev–Trinajstić information content (AvgIpc) is 2.41. The van der Waals surface area contributed by atoms with E-state index in [0.29, 0.717) is 18.9 Å². The minimum Gasteiger partial charge on any atom is -0.466 e. The molecule has 0 N–H and O–H groups in total. The van der Waals surface area contributed by atoms with Crippen molar-refractivity contribution in [2.45, 2.75) is 84.0 Å². The predicted octanol–water partition coefficient (Wildman–Crippen LogP) is 5.47. The van der Waals surface area contributed by atoms with Crippen molar-refractivity contribution in [1.82, 2.24) is 0 Å². The molecule has 0 aromatic carbocycles. The van der Waals surface area contributed by atoms with Crippen LogP contribution in [0.1, 0.15) is 84.0 Å². The molecule has 0 rings (SSSR count). The summed E-state index contributed by atoms with van der Waals surface area (Å²) in [6.07, 6.45) is 14.2. The van der Waals surface area contributed by atoms with Gasteiger partial charge in [0.25, 0.3) is 0 Å². The van der Waals surface area contributed by atoms with Crippen molar-refractivity contribution in [2.75, 3.05) is 12.5 Å². The van der Waals surface area contributed by atoms with Crippen molar-refractivity contribution in [3.05, 3.63) is 0 Å². The highest BCUT2D eigenvalue weighted by Crippen LogP contribution is 2.11. The molecule has 0 aromatic heterocycles. The van der Waals surface area contributed by atoms with E-state index in [1.54, 1.807) is 0 Å². The van der Waals surface area contributed by atoms with Gasteiger partial charge in [-0.05, 0) is 12.8 Å². The van der Waals surface area contributed by atoms with Crippen LogP contribution in [-0.4, -0.2) is 18.5 Å². The number of carbonyl (C=O) groups excluding carboxylic acids is 1. The number of hydrogen-bond acceptors (Lipinski definition) is 2. The average molecular weight is 291 g/mol. The summed E-state index contributed by atoms with van der Waals surface area (Å²) in [6.45, 7) is 2.72. The number of rotatable bonds is 14. The maximum atomic E-state index is 11.3. The van der Waals surface area contributed by atoms with Gasteiger partial charge in [0.05, 0.1) is 6.61 Å². The third-order valence-corrected chi connectivity index (χ3v) is 3.54. The Morgan fingerprint density at radius 2 is 1.37 bits per heavy atom. The molecular weight excluding hydrogens is 260 g/mol. The molecule has 0 saturated heterocycles. The summed E-state index contributed by atoms with van der Waals surface area (Å²) in [5.41, 5.74) is 0. The zero-order valence-electron chi connectivity index (χ0n) is 12.6. The molecule has 0 aliphatic carbocycles. The Balaban J connectivity index is 3.07. The number of esters is 1. The zero-order chi connectivity index (χ0) is 14.2. The van der Waals surface area contributed by atoms with Crippen LogP contribution in [0.3, 0.4) is 0 Å². The van der Waals surface area contributed by atoms with Crippen LogP contribution in [0.15, 0.2) is 0 Å². The molecule has 0 aliphatic rings. The lowest BCUT2D eigenvalue weighted by Crippen LogP contribution is -2.05. The number of hydrogen-bond donors (Lipinski definition) is 0. The van der Waals surface area contributed by atoms with Gasteiger partial charge in [-0.25, -0.2) is 0 Å². The smallest absolute Gasteiger partial charge is 0.305 e. The molecule has 114 valence electrons. The lowest BCUT2D eigenvalue weighted by Gasteiger charge is -2.04. The second kappa shape index (κ2) is 15.8. The molecule has 3 heteroatoms. The molecule has 0 heterocycles. The van der Waals surface area contributed by atoms with Gasteiger partial charge in [-0.15, -0.1) is 11.6 Å². The van der Waals surface area contributed by atoms with Gasteiger partial charge in [-0.3, -0.25) is 4.79 Å². The molecule has 0 bridgehead atoms. The number of halogens is 1. The first kappa shape index (κ1) is 18.8. The standard InChI is InChI=1S/C16H31ClO2/c1-2-3-4-5-6-7-8-9-10-11-13-16(18)19-15-12-14-17/h2-15H2,1H3. The molecule has 0 aromatic rings. The van der Waals surface area contributed by atoms with Gasteiger partial charge in [-0.2, -0.15) is 0 Å². The van der Waals surface area contributed by atoms with Crippen molar-refractivity contribution in [3.8, 4) is 0 Å².